The van der Waals surface area contributed by atoms with Gasteiger partial charge in [0, 0.05) is 7.11 Å². The van der Waals surface area contributed by atoms with E-state index in [1.54, 1.807) is 30.3 Å². The molecule has 1 aromatic rings. The summed E-state index contributed by atoms with van der Waals surface area (Å²) >= 11 is 0. The minimum atomic E-state index is -4.17. The van der Waals surface area contributed by atoms with Crippen LogP contribution in [0.4, 0.5) is 0 Å². The third-order valence-electron chi connectivity index (χ3n) is 2.23. The number of hydrogen-bond donors (Lipinski definition) is 1. The summed E-state index contributed by atoms with van der Waals surface area (Å²) in [5.74, 6) is 0. The van der Waals surface area contributed by atoms with Crippen molar-refractivity contribution < 1.29 is 22.4 Å². The molecule has 0 radical (unpaired) electrons. The summed E-state index contributed by atoms with van der Waals surface area (Å²) in [5.41, 5.74) is 0.507. The summed E-state index contributed by atoms with van der Waals surface area (Å²) in [6.45, 7) is 0.578. The Morgan fingerprint density at radius 2 is 1.88 bits per heavy atom. The molecule has 96 valence electrons. The second-order valence-corrected chi connectivity index (χ2v) is 5.08. The molecule has 0 fully saturated rings. The van der Waals surface area contributed by atoms with E-state index in [1.807, 2.05) is 0 Å². The van der Waals surface area contributed by atoms with Crippen LogP contribution in [-0.2, 0) is 19.6 Å². The van der Waals surface area contributed by atoms with Crippen LogP contribution in [0.3, 0.4) is 0 Å². The molecule has 1 rings (SSSR count). The van der Waals surface area contributed by atoms with Crippen molar-refractivity contribution >= 4 is 10.1 Å². The van der Waals surface area contributed by atoms with Gasteiger partial charge in [0.1, 0.15) is 5.25 Å². The van der Waals surface area contributed by atoms with Gasteiger partial charge >= 0.3 is 0 Å². The lowest BCUT2D eigenvalue weighted by Crippen LogP contribution is -2.19. The highest BCUT2D eigenvalue weighted by Crippen LogP contribution is 2.21. The minimum absolute atomic E-state index is 0.0911. The highest BCUT2D eigenvalue weighted by molar-refractivity contribution is 7.86. The summed E-state index contributed by atoms with van der Waals surface area (Å²) < 4.78 is 41.6. The Labute approximate surface area is 101 Å². The van der Waals surface area contributed by atoms with E-state index < -0.39 is 15.4 Å². The van der Waals surface area contributed by atoms with Crippen LogP contribution in [0.2, 0.25) is 0 Å². The molecule has 0 amide bonds. The third kappa shape index (κ3) is 4.82. The Bertz CT molecular complexity index is 415. The maximum absolute atomic E-state index is 11.2. The largest absolute Gasteiger partial charge is 0.382 e. The van der Waals surface area contributed by atoms with Gasteiger partial charge in [0.25, 0.3) is 10.1 Å². The standard InChI is InChI=1S/C11H16O5S/c1-15-7-8-16-9-11(17(12,13)14)10-5-3-2-4-6-10/h2-6,11H,7-9H2,1H3,(H,12,13,14). The molecule has 0 bridgehead atoms. The van der Waals surface area contributed by atoms with E-state index in [0.29, 0.717) is 12.2 Å². The molecule has 0 aliphatic heterocycles. The molecule has 1 N–H and O–H groups in total. The summed E-state index contributed by atoms with van der Waals surface area (Å²) in [7, 11) is -2.64. The van der Waals surface area contributed by atoms with E-state index in [-0.39, 0.29) is 13.2 Å². The molecule has 0 aromatic heterocycles. The normalized spacial score (nSPS) is 13.5. The van der Waals surface area contributed by atoms with E-state index in [9.17, 15) is 8.42 Å². The fourth-order valence-electron chi connectivity index (χ4n) is 1.35. The van der Waals surface area contributed by atoms with Crippen LogP contribution in [-0.4, -0.2) is 39.9 Å². The molecule has 5 nitrogen and oxygen atoms in total. The fraction of sp³-hybridized carbons (Fsp3) is 0.455. The predicted octanol–water partition coefficient (Wildman–Crippen LogP) is 1.28. The molecular formula is C11H16O5S. The molecule has 0 heterocycles. The van der Waals surface area contributed by atoms with Gasteiger partial charge in [-0.25, -0.2) is 0 Å². The number of methoxy groups -OCH3 is 1. The molecule has 6 heteroatoms. The van der Waals surface area contributed by atoms with Crippen LogP contribution >= 0.6 is 0 Å². The summed E-state index contributed by atoms with van der Waals surface area (Å²) in [6, 6.07) is 8.47. The topological polar surface area (TPSA) is 72.8 Å². The third-order valence-corrected chi connectivity index (χ3v) is 3.36. The second-order valence-electron chi connectivity index (χ2n) is 3.48. The first kappa shape index (κ1) is 14.1. The first-order valence-corrected chi connectivity index (χ1v) is 6.64. The van der Waals surface area contributed by atoms with Crippen LogP contribution in [0.25, 0.3) is 0 Å². The van der Waals surface area contributed by atoms with Crippen molar-refractivity contribution in [1.82, 2.24) is 0 Å². The summed E-state index contributed by atoms with van der Waals surface area (Å²) in [6.07, 6.45) is 0. The van der Waals surface area contributed by atoms with E-state index in [1.165, 1.54) is 7.11 Å². The van der Waals surface area contributed by atoms with Crippen molar-refractivity contribution in [2.45, 2.75) is 5.25 Å². The lowest BCUT2D eigenvalue weighted by atomic mass is 10.1. The maximum atomic E-state index is 11.2. The average molecular weight is 260 g/mol. The number of benzene rings is 1. The predicted molar refractivity (Wildman–Crippen MR) is 63.4 cm³/mol. The van der Waals surface area contributed by atoms with Gasteiger partial charge in [-0.2, -0.15) is 8.42 Å². The number of hydrogen-bond acceptors (Lipinski definition) is 4. The molecule has 0 aliphatic rings. The number of rotatable bonds is 7. The van der Waals surface area contributed by atoms with Crippen molar-refractivity contribution in [3.8, 4) is 0 Å². The fourth-order valence-corrected chi connectivity index (χ4v) is 2.12. The van der Waals surface area contributed by atoms with Gasteiger partial charge < -0.3 is 9.47 Å². The molecule has 0 saturated carbocycles. The van der Waals surface area contributed by atoms with E-state index in [4.69, 9.17) is 14.0 Å². The molecule has 1 aromatic carbocycles. The highest BCUT2D eigenvalue weighted by Gasteiger charge is 2.24. The first-order chi connectivity index (χ1) is 8.05. The summed E-state index contributed by atoms with van der Waals surface area (Å²) in [5, 5.41) is -1.06. The Morgan fingerprint density at radius 3 is 2.41 bits per heavy atom. The van der Waals surface area contributed by atoms with Crippen LogP contribution < -0.4 is 0 Å². The Morgan fingerprint density at radius 1 is 1.24 bits per heavy atom. The van der Waals surface area contributed by atoms with Crippen LogP contribution in [0.15, 0.2) is 30.3 Å². The van der Waals surface area contributed by atoms with Gasteiger partial charge in [-0.05, 0) is 5.56 Å². The zero-order valence-corrected chi connectivity index (χ0v) is 10.4. The maximum Gasteiger partial charge on any atom is 0.274 e. The minimum Gasteiger partial charge on any atom is -0.382 e. The molecular weight excluding hydrogens is 244 g/mol. The van der Waals surface area contributed by atoms with Gasteiger partial charge in [-0.1, -0.05) is 30.3 Å². The second kappa shape index (κ2) is 6.70. The van der Waals surface area contributed by atoms with Crippen molar-refractivity contribution in [3.05, 3.63) is 35.9 Å². The monoisotopic (exact) mass is 260 g/mol. The quantitative estimate of drug-likeness (QED) is 0.590. The lowest BCUT2D eigenvalue weighted by Gasteiger charge is -2.14. The molecule has 0 aliphatic carbocycles. The number of ether oxygens (including phenoxy) is 2. The Balaban J connectivity index is 2.70. The van der Waals surface area contributed by atoms with Crippen molar-refractivity contribution in [3.63, 3.8) is 0 Å². The van der Waals surface area contributed by atoms with Gasteiger partial charge in [0.15, 0.2) is 0 Å². The van der Waals surface area contributed by atoms with Crippen LogP contribution in [0.1, 0.15) is 10.8 Å². The van der Waals surface area contributed by atoms with Gasteiger partial charge in [-0.15, -0.1) is 0 Å². The molecule has 17 heavy (non-hydrogen) atoms. The first-order valence-electron chi connectivity index (χ1n) is 5.13. The molecule has 0 spiro atoms. The van der Waals surface area contributed by atoms with Crippen molar-refractivity contribution in [2.75, 3.05) is 26.9 Å². The Hall–Kier alpha value is -0.950. The SMILES string of the molecule is COCCOCC(c1ccccc1)S(=O)(=O)O. The van der Waals surface area contributed by atoms with Gasteiger partial charge in [-0.3, -0.25) is 4.55 Å². The highest BCUT2D eigenvalue weighted by atomic mass is 32.2. The zero-order valence-electron chi connectivity index (χ0n) is 9.57. The lowest BCUT2D eigenvalue weighted by molar-refractivity contribution is 0.0697. The summed E-state index contributed by atoms with van der Waals surface area (Å²) in [4.78, 5) is 0. The van der Waals surface area contributed by atoms with E-state index >= 15 is 0 Å². The molecule has 1 unspecified atom stereocenters. The smallest absolute Gasteiger partial charge is 0.274 e. The average Bonchev–Trinajstić information content (AvgIpc) is 2.28. The van der Waals surface area contributed by atoms with Crippen molar-refractivity contribution in [1.29, 1.82) is 0 Å². The Kier molecular flexibility index (Phi) is 5.57. The van der Waals surface area contributed by atoms with Gasteiger partial charge in [0.2, 0.25) is 0 Å². The van der Waals surface area contributed by atoms with E-state index in [2.05, 4.69) is 0 Å². The van der Waals surface area contributed by atoms with Crippen LogP contribution in [0.5, 0.6) is 0 Å². The zero-order chi connectivity index (χ0) is 12.7. The van der Waals surface area contributed by atoms with Crippen molar-refractivity contribution in [2.24, 2.45) is 0 Å². The molecule has 0 saturated heterocycles. The molecule has 1 atom stereocenters. The van der Waals surface area contributed by atoms with E-state index in [0.717, 1.165) is 0 Å². The van der Waals surface area contributed by atoms with Gasteiger partial charge in [0.05, 0.1) is 19.8 Å². The van der Waals surface area contributed by atoms with Crippen LogP contribution in [0, 0.1) is 0 Å².